The van der Waals surface area contributed by atoms with Gasteiger partial charge < -0.3 is 13.6 Å². The first-order valence-corrected chi connectivity index (χ1v) is 17.2. The molecule has 11 rings (SSSR count). The molecule has 0 amide bonds. The molecule has 11 aromatic rings. The monoisotopic (exact) mass is 652 g/mol. The Morgan fingerprint density at radius 3 is 1.82 bits per heavy atom. The van der Waals surface area contributed by atoms with E-state index in [1.165, 1.54) is 38.1 Å². The topological polar surface area (TPSA) is 48.8 Å². The third kappa shape index (κ3) is 4.09. The Morgan fingerprint density at radius 2 is 1.04 bits per heavy atom. The smallest absolute Gasteiger partial charge is 0.180 e. The highest BCUT2D eigenvalue weighted by molar-refractivity contribution is 6.26. The van der Waals surface area contributed by atoms with E-state index in [2.05, 4.69) is 130 Å². The summed E-state index contributed by atoms with van der Waals surface area (Å²) >= 11 is 0. The number of nitrogens with zero attached hydrogens (tertiary/aromatic N) is 4. The predicted octanol–water partition coefficient (Wildman–Crippen LogP) is 11.9. The first kappa shape index (κ1) is 27.9. The van der Waals surface area contributed by atoms with E-state index in [-0.39, 0.29) is 0 Å². The molecule has 51 heavy (non-hydrogen) atoms. The Morgan fingerprint density at radius 1 is 0.412 bits per heavy atom. The van der Waals surface area contributed by atoms with Crippen molar-refractivity contribution in [2.45, 2.75) is 0 Å². The minimum Gasteiger partial charge on any atom is -0.452 e. The van der Waals surface area contributed by atoms with Crippen LogP contribution in [0.25, 0.3) is 99.7 Å². The number of aromatic nitrogens is 4. The summed E-state index contributed by atoms with van der Waals surface area (Å²) in [6.07, 6.45) is 0. The molecule has 5 nitrogen and oxygen atoms in total. The summed E-state index contributed by atoms with van der Waals surface area (Å²) in [6, 6.07) is 59.6. The fourth-order valence-electron chi connectivity index (χ4n) is 7.90. The summed E-state index contributed by atoms with van der Waals surface area (Å²) < 4.78 is 11.2. The van der Waals surface area contributed by atoms with Crippen molar-refractivity contribution in [3.63, 3.8) is 0 Å². The van der Waals surface area contributed by atoms with Crippen LogP contribution in [0.4, 0.5) is 0 Å². The lowest BCUT2D eigenvalue weighted by atomic mass is 10.1. The van der Waals surface area contributed by atoms with Crippen molar-refractivity contribution in [1.29, 1.82) is 0 Å². The van der Waals surface area contributed by atoms with Crippen molar-refractivity contribution in [2.24, 2.45) is 0 Å². The van der Waals surface area contributed by atoms with E-state index in [1.54, 1.807) is 0 Å². The molecule has 0 aliphatic rings. The molecule has 7 aromatic carbocycles. The first-order chi connectivity index (χ1) is 25.3. The van der Waals surface area contributed by atoms with Gasteiger partial charge >= 0.3 is 0 Å². The molecule has 0 aliphatic heterocycles. The van der Waals surface area contributed by atoms with E-state index >= 15 is 0 Å². The van der Waals surface area contributed by atoms with E-state index < -0.39 is 0 Å². The average Bonchev–Trinajstić information content (AvgIpc) is 3.86. The predicted molar refractivity (Wildman–Crippen MR) is 209 cm³/mol. The molecule has 0 atom stereocenters. The van der Waals surface area contributed by atoms with Crippen LogP contribution in [0.5, 0.6) is 0 Å². The second kappa shape index (κ2) is 10.8. The van der Waals surface area contributed by atoms with Crippen molar-refractivity contribution in [2.75, 3.05) is 0 Å². The number of fused-ring (bicyclic) bond motifs is 10. The molecule has 0 aliphatic carbocycles. The van der Waals surface area contributed by atoms with E-state index in [0.717, 1.165) is 50.2 Å². The molecule has 0 unspecified atom stereocenters. The summed E-state index contributed by atoms with van der Waals surface area (Å²) in [6.45, 7) is 0. The standard InChI is InChI=1S/C46H28N4O/c1-3-13-30(14-4-1)46-47-42(45-43(48-46)36-19-9-12-22-40(36)51-45)29-23-25-32(26-24-29)50-37-20-10-7-17-33(37)34-27-28-39-41(44(34)50)35-18-8-11-21-38(35)49(39)31-15-5-2-6-16-31/h1-28H. The minimum absolute atomic E-state index is 0.674. The largest absolute Gasteiger partial charge is 0.452 e. The molecule has 5 heteroatoms. The fourth-order valence-corrected chi connectivity index (χ4v) is 7.90. The minimum atomic E-state index is 0.674. The molecule has 4 heterocycles. The SMILES string of the molecule is c1ccc(-c2nc(-c3ccc(-n4c5ccccc5c5ccc6c(c7ccccc7n6-c6ccccc6)c54)cc3)c3oc4ccccc4c3n2)cc1. The second-order valence-corrected chi connectivity index (χ2v) is 13.0. The number of rotatable bonds is 4. The van der Waals surface area contributed by atoms with Gasteiger partial charge in [-0.05, 0) is 54.6 Å². The van der Waals surface area contributed by atoms with Crippen LogP contribution >= 0.6 is 0 Å². The molecule has 4 aromatic heterocycles. The van der Waals surface area contributed by atoms with E-state index in [4.69, 9.17) is 14.4 Å². The molecule has 0 spiro atoms. The number of furan rings is 1. The number of hydrogen-bond acceptors (Lipinski definition) is 3. The van der Waals surface area contributed by atoms with Gasteiger partial charge in [0.25, 0.3) is 0 Å². The average molecular weight is 653 g/mol. The molecule has 0 saturated heterocycles. The summed E-state index contributed by atoms with van der Waals surface area (Å²) in [5.41, 5.74) is 12.0. The number of benzene rings is 7. The summed E-state index contributed by atoms with van der Waals surface area (Å²) in [4.78, 5) is 10.1. The highest BCUT2D eigenvalue weighted by Gasteiger charge is 2.22. The lowest BCUT2D eigenvalue weighted by molar-refractivity contribution is 0.667. The third-order valence-corrected chi connectivity index (χ3v) is 10.1. The maximum Gasteiger partial charge on any atom is 0.180 e. The van der Waals surface area contributed by atoms with Crippen LogP contribution in [0.1, 0.15) is 0 Å². The van der Waals surface area contributed by atoms with Gasteiger partial charge in [0.05, 0.1) is 22.1 Å². The molecule has 0 bridgehead atoms. The Labute approximate surface area is 292 Å². The van der Waals surface area contributed by atoms with E-state index in [0.29, 0.717) is 11.4 Å². The number of hydrogen-bond donors (Lipinski definition) is 0. The van der Waals surface area contributed by atoms with Crippen molar-refractivity contribution in [3.05, 3.63) is 170 Å². The van der Waals surface area contributed by atoms with Gasteiger partial charge in [0, 0.05) is 49.4 Å². The van der Waals surface area contributed by atoms with Crippen molar-refractivity contribution >= 4 is 65.7 Å². The Hall–Kier alpha value is -6.98. The quantitative estimate of drug-likeness (QED) is 0.190. The van der Waals surface area contributed by atoms with Gasteiger partial charge in [0.15, 0.2) is 11.4 Å². The summed E-state index contributed by atoms with van der Waals surface area (Å²) in [5.74, 6) is 0.674. The third-order valence-electron chi connectivity index (χ3n) is 10.1. The zero-order chi connectivity index (χ0) is 33.5. The fraction of sp³-hybridized carbons (Fsp3) is 0. The highest BCUT2D eigenvalue weighted by atomic mass is 16.3. The Kier molecular flexibility index (Phi) is 5.89. The van der Waals surface area contributed by atoms with Crippen molar-refractivity contribution in [1.82, 2.24) is 19.1 Å². The van der Waals surface area contributed by atoms with Gasteiger partial charge in [-0.15, -0.1) is 0 Å². The van der Waals surface area contributed by atoms with Crippen LogP contribution in [0.15, 0.2) is 174 Å². The van der Waals surface area contributed by atoms with Crippen LogP contribution in [-0.4, -0.2) is 19.1 Å². The maximum absolute atomic E-state index is 6.44. The van der Waals surface area contributed by atoms with E-state index in [1.807, 2.05) is 48.5 Å². The summed E-state index contributed by atoms with van der Waals surface area (Å²) in [5, 5.41) is 5.89. The molecule has 0 radical (unpaired) electrons. The first-order valence-electron chi connectivity index (χ1n) is 17.2. The van der Waals surface area contributed by atoms with Crippen LogP contribution < -0.4 is 0 Å². The highest BCUT2D eigenvalue weighted by Crippen LogP contribution is 2.42. The van der Waals surface area contributed by atoms with Crippen LogP contribution in [-0.2, 0) is 0 Å². The van der Waals surface area contributed by atoms with Crippen LogP contribution in [0.3, 0.4) is 0 Å². The Bertz CT molecular complexity index is 3120. The second-order valence-electron chi connectivity index (χ2n) is 13.0. The number of para-hydroxylation sites is 4. The lowest BCUT2D eigenvalue weighted by Gasteiger charge is -2.11. The van der Waals surface area contributed by atoms with Crippen LogP contribution in [0, 0.1) is 0 Å². The van der Waals surface area contributed by atoms with Gasteiger partial charge in [-0.3, -0.25) is 0 Å². The Balaban J connectivity index is 1.17. The molecule has 0 N–H and O–H groups in total. The molecular formula is C46H28N4O. The lowest BCUT2D eigenvalue weighted by Crippen LogP contribution is -1.96. The van der Waals surface area contributed by atoms with Crippen molar-refractivity contribution < 1.29 is 4.42 Å². The molecule has 0 saturated carbocycles. The molecule has 0 fully saturated rings. The van der Waals surface area contributed by atoms with Gasteiger partial charge in [0.2, 0.25) is 0 Å². The van der Waals surface area contributed by atoms with E-state index in [9.17, 15) is 0 Å². The molecule has 238 valence electrons. The van der Waals surface area contributed by atoms with Gasteiger partial charge in [-0.2, -0.15) is 0 Å². The van der Waals surface area contributed by atoms with Gasteiger partial charge in [-0.25, -0.2) is 9.97 Å². The van der Waals surface area contributed by atoms with Gasteiger partial charge in [-0.1, -0.05) is 115 Å². The summed E-state index contributed by atoms with van der Waals surface area (Å²) in [7, 11) is 0. The zero-order valence-electron chi connectivity index (χ0n) is 27.4. The van der Waals surface area contributed by atoms with Crippen molar-refractivity contribution in [3.8, 4) is 34.0 Å². The van der Waals surface area contributed by atoms with Crippen LogP contribution in [0.2, 0.25) is 0 Å². The zero-order valence-corrected chi connectivity index (χ0v) is 27.4. The normalized spacial score (nSPS) is 11.9. The maximum atomic E-state index is 6.44. The van der Waals surface area contributed by atoms with Gasteiger partial charge in [0.1, 0.15) is 16.8 Å². The molecular weight excluding hydrogens is 625 g/mol.